The summed E-state index contributed by atoms with van der Waals surface area (Å²) in [7, 11) is 0. The lowest BCUT2D eigenvalue weighted by molar-refractivity contribution is -0.116. The lowest BCUT2D eigenvalue weighted by Gasteiger charge is -2.22. The lowest BCUT2D eigenvalue weighted by Crippen LogP contribution is -2.18. The van der Waals surface area contributed by atoms with Crippen molar-refractivity contribution < 1.29 is 4.79 Å². The van der Waals surface area contributed by atoms with Crippen LogP contribution in [0.25, 0.3) is 0 Å². The third-order valence-corrected chi connectivity index (χ3v) is 3.65. The number of carbonyl (C=O) groups excluding carboxylic acids is 1. The minimum absolute atomic E-state index is 0.422. The molecule has 3 aliphatic rings. The molecule has 3 aliphatic carbocycles. The van der Waals surface area contributed by atoms with Crippen molar-refractivity contribution in [2.75, 3.05) is 0 Å². The molecule has 0 aromatic rings. The predicted molar refractivity (Wildman–Crippen MR) is 51.3 cm³/mol. The smallest absolute Gasteiger partial charge is 0.159 e. The molecule has 0 N–H and O–H groups in total. The molecule has 1 fully saturated rings. The molecular weight excluding hydrogens is 160 g/mol. The molecule has 68 valence electrons. The second-order valence-electron chi connectivity index (χ2n) is 4.37. The fourth-order valence-corrected chi connectivity index (χ4v) is 3.04. The normalized spacial score (nSPS) is 31.8. The molecule has 1 heteroatoms. The topological polar surface area (TPSA) is 17.1 Å². The summed E-state index contributed by atoms with van der Waals surface area (Å²) in [6.45, 7) is 0. The van der Waals surface area contributed by atoms with Gasteiger partial charge in [0.15, 0.2) is 5.78 Å². The Bertz CT molecular complexity index is 333. The molecule has 1 nitrogen and oxygen atoms in total. The van der Waals surface area contributed by atoms with Crippen LogP contribution in [-0.2, 0) is 4.79 Å². The summed E-state index contributed by atoms with van der Waals surface area (Å²) in [6, 6.07) is 0. The SMILES string of the molecule is O=C1CCCC2C1=CC1=C2CCC1. The second-order valence-corrected chi connectivity index (χ2v) is 4.37. The van der Waals surface area contributed by atoms with Crippen LogP contribution < -0.4 is 0 Å². The highest BCUT2D eigenvalue weighted by atomic mass is 16.1. The standard InChI is InChI=1S/C12H14O/c13-12-6-2-5-10-9-4-1-3-8(9)7-11(10)12/h7,10H,1-6H2. The molecule has 0 heterocycles. The molecule has 13 heavy (non-hydrogen) atoms. The Hall–Kier alpha value is -0.850. The Balaban J connectivity index is 2.00. The molecule has 0 saturated heterocycles. The average Bonchev–Trinajstić information content (AvgIpc) is 2.65. The van der Waals surface area contributed by atoms with Crippen molar-refractivity contribution in [2.24, 2.45) is 5.92 Å². The number of ketones is 1. The van der Waals surface area contributed by atoms with Crippen LogP contribution in [-0.4, -0.2) is 5.78 Å². The number of hydrogen-bond acceptors (Lipinski definition) is 1. The second kappa shape index (κ2) is 2.57. The fourth-order valence-electron chi connectivity index (χ4n) is 3.04. The van der Waals surface area contributed by atoms with Gasteiger partial charge in [-0.1, -0.05) is 11.6 Å². The first kappa shape index (κ1) is 7.54. The van der Waals surface area contributed by atoms with Crippen LogP contribution in [0.1, 0.15) is 38.5 Å². The van der Waals surface area contributed by atoms with Crippen LogP contribution >= 0.6 is 0 Å². The Morgan fingerprint density at radius 3 is 3.00 bits per heavy atom. The summed E-state index contributed by atoms with van der Waals surface area (Å²) < 4.78 is 0. The summed E-state index contributed by atoms with van der Waals surface area (Å²) in [5, 5.41) is 0. The Morgan fingerprint density at radius 1 is 1.15 bits per heavy atom. The largest absolute Gasteiger partial charge is 0.295 e. The van der Waals surface area contributed by atoms with E-state index in [2.05, 4.69) is 6.08 Å². The van der Waals surface area contributed by atoms with E-state index in [1.165, 1.54) is 31.3 Å². The van der Waals surface area contributed by atoms with Gasteiger partial charge in [-0.2, -0.15) is 0 Å². The number of allylic oxidation sites excluding steroid dienone is 4. The van der Waals surface area contributed by atoms with Gasteiger partial charge in [-0.25, -0.2) is 0 Å². The number of hydrogen-bond donors (Lipinski definition) is 0. The molecule has 0 aliphatic heterocycles. The molecule has 0 radical (unpaired) electrons. The van der Waals surface area contributed by atoms with Crippen molar-refractivity contribution in [3.05, 3.63) is 22.8 Å². The van der Waals surface area contributed by atoms with Crippen molar-refractivity contribution in [2.45, 2.75) is 38.5 Å². The first-order chi connectivity index (χ1) is 6.36. The van der Waals surface area contributed by atoms with Crippen LogP contribution in [0.2, 0.25) is 0 Å². The van der Waals surface area contributed by atoms with E-state index in [4.69, 9.17) is 0 Å². The van der Waals surface area contributed by atoms with E-state index >= 15 is 0 Å². The van der Waals surface area contributed by atoms with Gasteiger partial charge in [0.1, 0.15) is 0 Å². The van der Waals surface area contributed by atoms with E-state index in [1.807, 2.05) is 0 Å². The van der Waals surface area contributed by atoms with Crippen LogP contribution in [0.4, 0.5) is 0 Å². The first-order valence-corrected chi connectivity index (χ1v) is 5.33. The molecule has 0 aromatic carbocycles. The van der Waals surface area contributed by atoms with Gasteiger partial charge in [-0.3, -0.25) is 4.79 Å². The van der Waals surface area contributed by atoms with Crippen LogP contribution in [0.5, 0.6) is 0 Å². The number of rotatable bonds is 0. The zero-order valence-corrected chi connectivity index (χ0v) is 7.81. The minimum atomic E-state index is 0.422. The Morgan fingerprint density at radius 2 is 2.08 bits per heavy atom. The zero-order valence-electron chi connectivity index (χ0n) is 7.81. The predicted octanol–water partition coefficient (Wildman–Crippen LogP) is 2.78. The Labute approximate surface area is 78.5 Å². The third-order valence-electron chi connectivity index (χ3n) is 3.65. The summed E-state index contributed by atoms with van der Waals surface area (Å²) in [5.41, 5.74) is 4.27. The maximum atomic E-state index is 11.6. The fraction of sp³-hybridized carbons (Fsp3) is 0.583. The number of carbonyl (C=O) groups is 1. The van der Waals surface area contributed by atoms with E-state index in [1.54, 1.807) is 5.57 Å². The van der Waals surface area contributed by atoms with Crippen molar-refractivity contribution in [3.8, 4) is 0 Å². The van der Waals surface area contributed by atoms with Crippen LogP contribution in [0.3, 0.4) is 0 Å². The summed E-state index contributed by atoms with van der Waals surface area (Å²) in [5.74, 6) is 0.976. The van der Waals surface area contributed by atoms with Gasteiger partial charge < -0.3 is 0 Å². The van der Waals surface area contributed by atoms with Gasteiger partial charge >= 0.3 is 0 Å². The Kier molecular flexibility index (Phi) is 1.49. The van der Waals surface area contributed by atoms with Gasteiger partial charge in [0.05, 0.1) is 0 Å². The minimum Gasteiger partial charge on any atom is -0.295 e. The molecule has 0 bridgehead atoms. The van der Waals surface area contributed by atoms with Crippen molar-refractivity contribution in [1.82, 2.24) is 0 Å². The molecule has 3 rings (SSSR count). The van der Waals surface area contributed by atoms with Crippen LogP contribution in [0, 0.1) is 5.92 Å². The molecule has 1 unspecified atom stereocenters. The molecule has 1 atom stereocenters. The van der Waals surface area contributed by atoms with E-state index in [0.717, 1.165) is 18.4 Å². The van der Waals surface area contributed by atoms with Gasteiger partial charge in [0.25, 0.3) is 0 Å². The number of Topliss-reactive ketones (excluding diaryl/α,β-unsaturated/α-hetero) is 1. The highest BCUT2D eigenvalue weighted by molar-refractivity contribution is 5.98. The van der Waals surface area contributed by atoms with E-state index in [9.17, 15) is 4.79 Å². The van der Waals surface area contributed by atoms with Crippen molar-refractivity contribution in [3.63, 3.8) is 0 Å². The molecule has 0 amide bonds. The van der Waals surface area contributed by atoms with Gasteiger partial charge in [-0.05, 0) is 37.7 Å². The maximum Gasteiger partial charge on any atom is 0.159 e. The first-order valence-electron chi connectivity index (χ1n) is 5.33. The quantitative estimate of drug-likeness (QED) is 0.552. The van der Waals surface area contributed by atoms with Crippen molar-refractivity contribution >= 4 is 5.78 Å². The van der Waals surface area contributed by atoms with Gasteiger partial charge in [-0.15, -0.1) is 0 Å². The van der Waals surface area contributed by atoms with Crippen molar-refractivity contribution in [1.29, 1.82) is 0 Å². The van der Waals surface area contributed by atoms with Gasteiger partial charge in [0.2, 0.25) is 0 Å². The molecular formula is C12H14O. The van der Waals surface area contributed by atoms with E-state index < -0.39 is 0 Å². The molecule has 0 aromatic heterocycles. The highest BCUT2D eigenvalue weighted by Gasteiger charge is 2.35. The van der Waals surface area contributed by atoms with E-state index in [-0.39, 0.29) is 0 Å². The van der Waals surface area contributed by atoms with Crippen LogP contribution in [0.15, 0.2) is 22.8 Å². The molecule has 1 saturated carbocycles. The summed E-state index contributed by atoms with van der Waals surface area (Å²) in [4.78, 5) is 11.6. The zero-order chi connectivity index (χ0) is 8.84. The van der Waals surface area contributed by atoms with E-state index in [0.29, 0.717) is 11.7 Å². The number of fused-ring (bicyclic) bond motifs is 2. The molecule has 0 spiro atoms. The monoisotopic (exact) mass is 174 g/mol. The third kappa shape index (κ3) is 0.962. The summed E-state index contributed by atoms with van der Waals surface area (Å²) >= 11 is 0. The van der Waals surface area contributed by atoms with Gasteiger partial charge in [0, 0.05) is 17.9 Å². The average molecular weight is 174 g/mol. The lowest BCUT2D eigenvalue weighted by atomic mass is 9.81. The maximum absolute atomic E-state index is 11.6. The highest BCUT2D eigenvalue weighted by Crippen LogP contribution is 2.46. The summed E-state index contributed by atoms with van der Waals surface area (Å²) in [6.07, 6.45) is 9.14.